The Kier molecular flexibility index (Phi) is 4.55. The highest BCUT2D eigenvalue weighted by Gasteiger charge is 2.11. The molecule has 2 rings (SSSR count). The Labute approximate surface area is 108 Å². The van der Waals surface area contributed by atoms with Gasteiger partial charge in [-0.1, -0.05) is 6.07 Å². The number of hydrogen-bond donors (Lipinski definition) is 1. The van der Waals surface area contributed by atoms with Crippen LogP contribution in [0.5, 0.6) is 5.75 Å². The molecule has 0 amide bonds. The van der Waals surface area contributed by atoms with Crippen LogP contribution in [0.1, 0.15) is 31.4 Å². The summed E-state index contributed by atoms with van der Waals surface area (Å²) in [6, 6.07) is 4.61. The van der Waals surface area contributed by atoms with E-state index in [4.69, 9.17) is 10.5 Å². The lowest BCUT2D eigenvalue weighted by atomic mass is 10.1. The van der Waals surface area contributed by atoms with Gasteiger partial charge in [-0.2, -0.15) is 0 Å². The van der Waals surface area contributed by atoms with Crippen molar-refractivity contribution in [1.29, 1.82) is 0 Å². The van der Waals surface area contributed by atoms with Crippen LogP contribution in [0.2, 0.25) is 0 Å². The summed E-state index contributed by atoms with van der Waals surface area (Å²) in [7, 11) is 0. The Hall–Kier alpha value is -1.13. The first-order valence-electron chi connectivity index (χ1n) is 6.57. The SMILES string of the molecule is C[C@@H](N)c1ccc(OCCN2CCCC2)cc1F. The van der Waals surface area contributed by atoms with Crippen LogP contribution < -0.4 is 10.5 Å². The molecule has 1 aromatic rings. The van der Waals surface area contributed by atoms with E-state index in [9.17, 15) is 4.39 Å². The minimum Gasteiger partial charge on any atom is -0.492 e. The number of halogens is 1. The first-order chi connectivity index (χ1) is 8.66. The molecule has 1 aliphatic rings. The topological polar surface area (TPSA) is 38.5 Å². The summed E-state index contributed by atoms with van der Waals surface area (Å²) in [5.74, 6) is 0.291. The van der Waals surface area contributed by atoms with Gasteiger partial charge in [0, 0.05) is 24.2 Å². The van der Waals surface area contributed by atoms with E-state index in [1.54, 1.807) is 19.1 Å². The maximum absolute atomic E-state index is 13.7. The number of likely N-dealkylation sites (tertiary alicyclic amines) is 1. The lowest BCUT2D eigenvalue weighted by Crippen LogP contribution is -2.25. The van der Waals surface area contributed by atoms with Crippen molar-refractivity contribution >= 4 is 0 Å². The first kappa shape index (κ1) is 13.3. The lowest BCUT2D eigenvalue weighted by molar-refractivity contribution is 0.237. The van der Waals surface area contributed by atoms with Gasteiger partial charge in [-0.3, -0.25) is 4.90 Å². The van der Waals surface area contributed by atoms with Crippen LogP contribution in [0.25, 0.3) is 0 Å². The summed E-state index contributed by atoms with van der Waals surface area (Å²) in [4.78, 5) is 2.37. The van der Waals surface area contributed by atoms with Crippen molar-refractivity contribution in [3.8, 4) is 5.75 Å². The van der Waals surface area contributed by atoms with E-state index in [0.29, 0.717) is 17.9 Å². The highest BCUT2D eigenvalue weighted by atomic mass is 19.1. The van der Waals surface area contributed by atoms with Crippen LogP contribution in [0, 0.1) is 5.82 Å². The number of rotatable bonds is 5. The van der Waals surface area contributed by atoms with Crippen LogP contribution in [-0.2, 0) is 0 Å². The van der Waals surface area contributed by atoms with Crippen LogP contribution in [0.15, 0.2) is 18.2 Å². The van der Waals surface area contributed by atoms with Gasteiger partial charge >= 0.3 is 0 Å². The van der Waals surface area contributed by atoms with E-state index in [0.717, 1.165) is 19.6 Å². The zero-order chi connectivity index (χ0) is 13.0. The molecular formula is C14H21FN2O. The number of benzene rings is 1. The van der Waals surface area contributed by atoms with E-state index in [1.165, 1.54) is 18.9 Å². The zero-order valence-electron chi connectivity index (χ0n) is 10.9. The summed E-state index contributed by atoms with van der Waals surface area (Å²) < 4.78 is 19.2. The summed E-state index contributed by atoms with van der Waals surface area (Å²) in [6.07, 6.45) is 2.55. The van der Waals surface area contributed by atoms with Crippen molar-refractivity contribution in [3.63, 3.8) is 0 Å². The van der Waals surface area contributed by atoms with Crippen molar-refractivity contribution < 1.29 is 9.13 Å². The smallest absolute Gasteiger partial charge is 0.131 e. The zero-order valence-corrected chi connectivity index (χ0v) is 10.9. The average Bonchev–Trinajstić information content (AvgIpc) is 2.81. The average molecular weight is 252 g/mol. The Bertz CT molecular complexity index is 389. The molecule has 0 unspecified atom stereocenters. The number of nitrogens with zero attached hydrogens (tertiary/aromatic N) is 1. The minimum atomic E-state index is -0.288. The van der Waals surface area contributed by atoms with Crippen molar-refractivity contribution in [2.24, 2.45) is 5.73 Å². The van der Waals surface area contributed by atoms with Crippen molar-refractivity contribution in [1.82, 2.24) is 4.90 Å². The molecule has 1 fully saturated rings. The Morgan fingerprint density at radius 1 is 1.39 bits per heavy atom. The van der Waals surface area contributed by atoms with Crippen molar-refractivity contribution in [2.45, 2.75) is 25.8 Å². The Morgan fingerprint density at radius 3 is 2.72 bits per heavy atom. The van der Waals surface area contributed by atoms with Gasteiger partial charge in [0.15, 0.2) is 0 Å². The first-order valence-corrected chi connectivity index (χ1v) is 6.57. The molecule has 0 bridgehead atoms. The predicted molar refractivity (Wildman–Crippen MR) is 70.2 cm³/mol. The van der Waals surface area contributed by atoms with E-state index >= 15 is 0 Å². The van der Waals surface area contributed by atoms with Gasteiger partial charge < -0.3 is 10.5 Å². The molecular weight excluding hydrogens is 231 g/mol. The highest BCUT2D eigenvalue weighted by Crippen LogP contribution is 2.20. The second-order valence-electron chi connectivity index (χ2n) is 4.87. The van der Waals surface area contributed by atoms with Gasteiger partial charge in [0.2, 0.25) is 0 Å². The lowest BCUT2D eigenvalue weighted by Gasteiger charge is -2.15. The maximum atomic E-state index is 13.7. The van der Waals surface area contributed by atoms with E-state index < -0.39 is 0 Å². The standard InChI is InChI=1S/C14H21FN2O/c1-11(16)13-5-4-12(10-14(13)15)18-9-8-17-6-2-3-7-17/h4-5,10-11H,2-3,6-9,16H2,1H3/t11-/m1/s1. The second kappa shape index (κ2) is 6.16. The third-order valence-corrected chi connectivity index (χ3v) is 3.34. The van der Waals surface area contributed by atoms with E-state index in [1.807, 2.05) is 0 Å². The van der Waals surface area contributed by atoms with Crippen LogP contribution in [0.4, 0.5) is 4.39 Å². The molecule has 0 aromatic heterocycles. The predicted octanol–water partition coefficient (Wildman–Crippen LogP) is 2.32. The van der Waals surface area contributed by atoms with Crippen LogP contribution in [0.3, 0.4) is 0 Å². The number of ether oxygens (including phenoxy) is 1. The molecule has 1 saturated heterocycles. The molecule has 100 valence electrons. The van der Waals surface area contributed by atoms with Gasteiger partial charge in [-0.15, -0.1) is 0 Å². The largest absolute Gasteiger partial charge is 0.492 e. The molecule has 1 atom stereocenters. The molecule has 3 nitrogen and oxygen atoms in total. The molecule has 2 N–H and O–H groups in total. The highest BCUT2D eigenvalue weighted by molar-refractivity contribution is 5.30. The number of hydrogen-bond acceptors (Lipinski definition) is 3. The van der Waals surface area contributed by atoms with E-state index in [2.05, 4.69) is 4.90 Å². The summed E-state index contributed by atoms with van der Waals surface area (Å²) in [6.45, 7) is 5.60. The molecule has 0 aliphatic carbocycles. The van der Waals surface area contributed by atoms with Gasteiger partial charge in [0.05, 0.1) is 0 Å². The Balaban J connectivity index is 1.84. The third kappa shape index (κ3) is 3.43. The summed E-state index contributed by atoms with van der Waals surface area (Å²) >= 11 is 0. The molecule has 1 aromatic carbocycles. The monoisotopic (exact) mass is 252 g/mol. The fraction of sp³-hybridized carbons (Fsp3) is 0.571. The fourth-order valence-corrected chi connectivity index (χ4v) is 2.27. The van der Waals surface area contributed by atoms with E-state index in [-0.39, 0.29) is 11.9 Å². The van der Waals surface area contributed by atoms with Gasteiger partial charge in [-0.05, 0) is 38.9 Å². The maximum Gasteiger partial charge on any atom is 0.131 e. The van der Waals surface area contributed by atoms with Crippen molar-refractivity contribution in [2.75, 3.05) is 26.2 Å². The molecule has 18 heavy (non-hydrogen) atoms. The number of nitrogens with two attached hydrogens (primary N) is 1. The third-order valence-electron chi connectivity index (χ3n) is 3.34. The van der Waals surface area contributed by atoms with Gasteiger partial charge in [0.1, 0.15) is 18.2 Å². The molecule has 1 aliphatic heterocycles. The molecule has 0 radical (unpaired) electrons. The fourth-order valence-electron chi connectivity index (χ4n) is 2.27. The normalized spacial score (nSPS) is 17.9. The molecule has 4 heteroatoms. The van der Waals surface area contributed by atoms with Crippen LogP contribution in [-0.4, -0.2) is 31.1 Å². The van der Waals surface area contributed by atoms with Crippen molar-refractivity contribution in [3.05, 3.63) is 29.6 Å². The second-order valence-corrected chi connectivity index (χ2v) is 4.87. The quantitative estimate of drug-likeness (QED) is 0.874. The van der Waals surface area contributed by atoms with Gasteiger partial charge in [0.25, 0.3) is 0 Å². The molecule has 1 heterocycles. The van der Waals surface area contributed by atoms with Crippen LogP contribution >= 0.6 is 0 Å². The minimum absolute atomic E-state index is 0.288. The summed E-state index contributed by atoms with van der Waals surface area (Å²) in [5, 5.41) is 0. The van der Waals surface area contributed by atoms with Gasteiger partial charge in [-0.25, -0.2) is 4.39 Å². The summed E-state index contributed by atoms with van der Waals surface area (Å²) in [5.41, 5.74) is 6.19. The Morgan fingerprint density at radius 2 is 2.11 bits per heavy atom. The molecule has 0 saturated carbocycles. The molecule has 0 spiro atoms.